The van der Waals surface area contributed by atoms with E-state index in [2.05, 4.69) is 58.2 Å². The molecule has 0 aliphatic carbocycles. The lowest BCUT2D eigenvalue weighted by Crippen LogP contribution is -2.39. The quantitative estimate of drug-likeness (QED) is 0.366. The molecule has 0 spiro atoms. The Bertz CT molecular complexity index is 581. The van der Waals surface area contributed by atoms with Crippen LogP contribution in [0.5, 0.6) is 0 Å². The van der Waals surface area contributed by atoms with Crippen LogP contribution in [0.1, 0.15) is 42.1 Å². The number of halogens is 1. The lowest BCUT2D eigenvalue weighted by atomic mass is 10.1. The number of guanidine groups is 1. The number of nitrogens with one attached hydrogen (secondary N) is 2. The molecular weight excluding hydrogens is 439 g/mol. The van der Waals surface area contributed by atoms with Gasteiger partial charge in [-0.1, -0.05) is 13.8 Å². The fraction of sp³-hybridized carbons (Fsp3) is 0.500. The predicted molar refractivity (Wildman–Crippen MR) is 112 cm³/mol. The molecule has 0 fully saturated rings. The highest BCUT2D eigenvalue weighted by Crippen LogP contribution is 2.17. The molecule has 2 rings (SSSR count). The number of hydrogen-bond donors (Lipinski definition) is 2. The van der Waals surface area contributed by atoms with Crippen LogP contribution in [0.25, 0.3) is 0 Å². The summed E-state index contributed by atoms with van der Waals surface area (Å²) in [4.78, 5) is 10.4. The molecule has 2 aromatic rings. The van der Waals surface area contributed by atoms with Gasteiger partial charge in [0.05, 0.1) is 6.54 Å². The van der Waals surface area contributed by atoms with Gasteiger partial charge in [0.25, 0.3) is 0 Å². The topological polar surface area (TPSA) is 49.3 Å². The van der Waals surface area contributed by atoms with E-state index in [0.717, 1.165) is 30.5 Å². The van der Waals surface area contributed by atoms with E-state index >= 15 is 0 Å². The molecule has 128 valence electrons. The fourth-order valence-electron chi connectivity index (χ4n) is 2.00. The molecule has 0 radical (unpaired) electrons. The Hall–Kier alpha value is -0.670. The summed E-state index contributed by atoms with van der Waals surface area (Å²) < 4.78 is 0. The maximum Gasteiger partial charge on any atom is 0.191 e. The Balaban J connectivity index is 0.00000264. The highest BCUT2D eigenvalue weighted by molar-refractivity contribution is 14.0. The monoisotopic (exact) mass is 464 g/mol. The number of thiophene rings is 1. The highest BCUT2D eigenvalue weighted by atomic mass is 127. The number of nitrogens with zero attached hydrogens (tertiary/aromatic N) is 2. The molecule has 7 heteroatoms. The van der Waals surface area contributed by atoms with E-state index in [1.54, 1.807) is 22.7 Å². The average Bonchev–Trinajstić information content (AvgIpc) is 3.20. The molecule has 0 aromatic carbocycles. The molecule has 0 aliphatic heterocycles. The number of aromatic nitrogens is 1. The zero-order valence-corrected chi connectivity index (χ0v) is 17.8. The Kier molecular flexibility index (Phi) is 9.73. The molecule has 23 heavy (non-hydrogen) atoms. The van der Waals surface area contributed by atoms with Crippen molar-refractivity contribution >= 4 is 52.6 Å². The van der Waals surface area contributed by atoms with Crippen LogP contribution in [0, 0.1) is 0 Å². The third kappa shape index (κ3) is 6.76. The first-order chi connectivity index (χ1) is 10.7. The lowest BCUT2D eigenvalue weighted by Gasteiger charge is -2.15. The summed E-state index contributed by atoms with van der Waals surface area (Å²) in [5, 5.41) is 12.1. The Morgan fingerprint density at radius 3 is 2.78 bits per heavy atom. The van der Waals surface area contributed by atoms with Crippen molar-refractivity contribution in [1.29, 1.82) is 0 Å². The van der Waals surface area contributed by atoms with Crippen molar-refractivity contribution < 1.29 is 0 Å². The van der Waals surface area contributed by atoms with Crippen molar-refractivity contribution in [2.45, 2.75) is 39.7 Å². The summed E-state index contributed by atoms with van der Waals surface area (Å²) in [6.45, 7) is 8.83. The molecule has 2 N–H and O–H groups in total. The number of hydrogen-bond acceptors (Lipinski definition) is 4. The third-order valence-electron chi connectivity index (χ3n) is 3.35. The SMILES string of the molecule is CCNC(=NCc1ncc(CC)s1)NCC(C)c1ccsc1.I. The van der Waals surface area contributed by atoms with Gasteiger partial charge in [-0.05, 0) is 41.7 Å². The van der Waals surface area contributed by atoms with Crippen molar-refractivity contribution in [3.8, 4) is 0 Å². The molecule has 0 amide bonds. The first-order valence-electron chi connectivity index (χ1n) is 7.70. The first-order valence-corrected chi connectivity index (χ1v) is 9.46. The molecule has 1 unspecified atom stereocenters. The van der Waals surface area contributed by atoms with Crippen molar-refractivity contribution in [2.75, 3.05) is 13.1 Å². The lowest BCUT2D eigenvalue weighted by molar-refractivity contribution is 0.701. The van der Waals surface area contributed by atoms with Crippen molar-refractivity contribution in [2.24, 2.45) is 4.99 Å². The number of rotatable bonds is 7. The van der Waals surface area contributed by atoms with Gasteiger partial charge in [0.1, 0.15) is 5.01 Å². The van der Waals surface area contributed by atoms with Crippen LogP contribution in [-0.4, -0.2) is 24.0 Å². The van der Waals surface area contributed by atoms with Crippen LogP contribution >= 0.6 is 46.7 Å². The summed E-state index contributed by atoms with van der Waals surface area (Å²) in [5.41, 5.74) is 1.38. The van der Waals surface area contributed by atoms with Gasteiger partial charge in [-0.15, -0.1) is 35.3 Å². The smallest absolute Gasteiger partial charge is 0.191 e. The van der Waals surface area contributed by atoms with E-state index in [4.69, 9.17) is 0 Å². The highest BCUT2D eigenvalue weighted by Gasteiger charge is 2.07. The van der Waals surface area contributed by atoms with Crippen molar-refractivity contribution in [1.82, 2.24) is 15.6 Å². The van der Waals surface area contributed by atoms with E-state index < -0.39 is 0 Å². The van der Waals surface area contributed by atoms with Crippen molar-refractivity contribution in [3.63, 3.8) is 0 Å². The van der Waals surface area contributed by atoms with Crippen LogP contribution in [0.15, 0.2) is 28.0 Å². The average molecular weight is 464 g/mol. The minimum atomic E-state index is 0. The van der Waals surface area contributed by atoms with Crippen LogP contribution in [-0.2, 0) is 13.0 Å². The molecule has 0 bridgehead atoms. The Morgan fingerprint density at radius 2 is 2.17 bits per heavy atom. The predicted octanol–water partition coefficient (Wildman–Crippen LogP) is 4.24. The molecule has 2 heterocycles. The second kappa shape index (κ2) is 11.0. The summed E-state index contributed by atoms with van der Waals surface area (Å²) in [6.07, 6.45) is 2.99. The van der Waals surface area contributed by atoms with Gasteiger partial charge in [-0.3, -0.25) is 0 Å². The van der Waals surface area contributed by atoms with Gasteiger partial charge in [-0.25, -0.2) is 9.98 Å². The van der Waals surface area contributed by atoms with Gasteiger partial charge < -0.3 is 10.6 Å². The molecule has 2 aromatic heterocycles. The minimum Gasteiger partial charge on any atom is -0.357 e. The number of thiazole rings is 1. The maximum absolute atomic E-state index is 4.63. The first kappa shape index (κ1) is 20.4. The molecular formula is C16H25IN4S2. The van der Waals surface area contributed by atoms with Gasteiger partial charge in [-0.2, -0.15) is 11.3 Å². The normalized spacial score (nSPS) is 12.6. The van der Waals surface area contributed by atoms with Gasteiger partial charge in [0, 0.05) is 24.2 Å². The van der Waals surface area contributed by atoms with Gasteiger partial charge in [0.2, 0.25) is 0 Å². The largest absolute Gasteiger partial charge is 0.357 e. The van der Waals surface area contributed by atoms with E-state index in [1.165, 1.54) is 10.4 Å². The molecule has 0 saturated carbocycles. The Morgan fingerprint density at radius 1 is 1.35 bits per heavy atom. The van der Waals surface area contributed by atoms with E-state index in [1.807, 2.05) is 6.20 Å². The van der Waals surface area contributed by atoms with E-state index in [0.29, 0.717) is 12.5 Å². The molecule has 4 nitrogen and oxygen atoms in total. The maximum atomic E-state index is 4.63. The van der Waals surface area contributed by atoms with Crippen LogP contribution < -0.4 is 10.6 Å². The second-order valence-corrected chi connectivity index (χ2v) is 7.09. The van der Waals surface area contributed by atoms with Crippen LogP contribution in [0.3, 0.4) is 0 Å². The van der Waals surface area contributed by atoms with E-state index in [9.17, 15) is 0 Å². The summed E-state index contributed by atoms with van der Waals surface area (Å²) in [5.74, 6) is 1.33. The molecule has 0 saturated heterocycles. The Labute approximate surface area is 163 Å². The standard InChI is InChI=1S/C16H24N4S2.HI/c1-4-14-9-18-15(22-14)10-20-16(17-5-2)19-8-12(3)13-6-7-21-11-13;/h6-7,9,11-12H,4-5,8,10H2,1-3H3,(H2,17,19,20);1H. The summed E-state index contributed by atoms with van der Waals surface area (Å²) >= 11 is 3.49. The van der Waals surface area contributed by atoms with Crippen LogP contribution in [0.4, 0.5) is 0 Å². The summed E-state index contributed by atoms with van der Waals surface area (Å²) in [7, 11) is 0. The fourth-order valence-corrected chi connectivity index (χ4v) is 3.57. The number of aliphatic imine (C=N–C) groups is 1. The van der Waals surface area contributed by atoms with Crippen LogP contribution in [0.2, 0.25) is 0 Å². The summed E-state index contributed by atoms with van der Waals surface area (Å²) in [6, 6.07) is 2.18. The molecule has 0 aliphatic rings. The van der Waals surface area contributed by atoms with Gasteiger partial charge in [0.15, 0.2) is 5.96 Å². The van der Waals surface area contributed by atoms with Gasteiger partial charge >= 0.3 is 0 Å². The van der Waals surface area contributed by atoms with Crippen molar-refractivity contribution in [3.05, 3.63) is 38.5 Å². The van der Waals surface area contributed by atoms with E-state index in [-0.39, 0.29) is 24.0 Å². The zero-order chi connectivity index (χ0) is 15.8. The second-order valence-electron chi connectivity index (χ2n) is 5.11. The minimum absolute atomic E-state index is 0. The zero-order valence-electron chi connectivity index (χ0n) is 13.8. The molecule has 1 atom stereocenters. The third-order valence-corrected chi connectivity index (χ3v) is 5.18. The number of aryl methyl sites for hydroxylation is 1.